The van der Waals surface area contributed by atoms with E-state index in [4.69, 9.17) is 10.2 Å². The van der Waals surface area contributed by atoms with E-state index in [9.17, 15) is 18.6 Å². The summed E-state index contributed by atoms with van der Waals surface area (Å²) in [7, 11) is -3.59. The number of phenolic OH excluding ortho intramolecular Hbond substituents is 4. The lowest BCUT2D eigenvalue weighted by Gasteiger charge is -2.36. The molecule has 1 saturated carbocycles. The maximum Gasteiger partial charge on any atom is 0.206 e. The summed E-state index contributed by atoms with van der Waals surface area (Å²) >= 11 is 0. The molecule has 1 aliphatic carbocycles. The van der Waals surface area contributed by atoms with Crippen LogP contribution in [0.4, 0.5) is 0 Å². The Morgan fingerprint density at radius 3 is 1.00 bits per heavy atom. The van der Waals surface area contributed by atoms with Crippen molar-refractivity contribution in [2.45, 2.75) is 73.0 Å². The topological polar surface area (TPSA) is 115 Å². The third-order valence-corrected chi connectivity index (χ3v) is 9.63. The zero-order valence-corrected chi connectivity index (χ0v) is 23.9. The number of aromatic hydroxyl groups is 4. The van der Waals surface area contributed by atoms with E-state index in [0.717, 1.165) is 12.8 Å². The average molecular weight is 575 g/mol. The van der Waals surface area contributed by atoms with Gasteiger partial charge in [-0.05, 0) is 96.8 Å². The fourth-order valence-corrected chi connectivity index (χ4v) is 6.81. The van der Waals surface area contributed by atoms with Crippen molar-refractivity contribution in [3.8, 4) is 23.0 Å². The summed E-state index contributed by atoms with van der Waals surface area (Å²) in [5.74, 6) is 0.656. The minimum absolute atomic E-state index is 0.00894. The zero-order chi connectivity index (χ0) is 29.3. The molecule has 0 bridgehead atoms. The van der Waals surface area contributed by atoms with Crippen molar-refractivity contribution in [3.05, 3.63) is 108 Å². The molecular weight excluding hydrogens is 536 g/mol. The van der Waals surface area contributed by atoms with Crippen molar-refractivity contribution in [3.63, 3.8) is 0 Å². The molecule has 216 valence electrons. The van der Waals surface area contributed by atoms with Crippen molar-refractivity contribution >= 4 is 9.84 Å². The molecular formula is C34H38O6S. The Bertz CT molecular complexity index is 1370. The molecule has 0 radical (unpaired) electrons. The van der Waals surface area contributed by atoms with Gasteiger partial charge in [0.25, 0.3) is 0 Å². The molecule has 0 aliphatic heterocycles. The van der Waals surface area contributed by atoms with Gasteiger partial charge in [0, 0.05) is 5.41 Å². The molecule has 4 N–H and O–H groups in total. The number of sulfone groups is 1. The average Bonchev–Trinajstić information content (AvgIpc) is 2.97. The van der Waals surface area contributed by atoms with Crippen molar-refractivity contribution in [1.82, 2.24) is 0 Å². The Labute approximate surface area is 242 Å². The molecule has 5 rings (SSSR count). The van der Waals surface area contributed by atoms with Crippen LogP contribution in [-0.4, -0.2) is 28.8 Å². The minimum Gasteiger partial charge on any atom is -0.508 e. The SMILES string of the molecule is O=S(=O)(c1ccc(O)cc1)c1ccc(O)cc1.Oc1ccc(C2(c3ccc(O)cc3)CCCCCCCCC2)cc1. The number of benzene rings is 4. The molecule has 0 spiro atoms. The number of hydrogen-bond acceptors (Lipinski definition) is 6. The molecule has 0 amide bonds. The minimum atomic E-state index is -3.59. The van der Waals surface area contributed by atoms with E-state index < -0.39 is 9.84 Å². The lowest BCUT2D eigenvalue weighted by atomic mass is 9.67. The first-order chi connectivity index (χ1) is 19.7. The van der Waals surface area contributed by atoms with Crippen LogP contribution >= 0.6 is 0 Å². The molecule has 0 saturated heterocycles. The van der Waals surface area contributed by atoms with Crippen LogP contribution in [0.25, 0.3) is 0 Å². The second-order valence-electron chi connectivity index (χ2n) is 10.6. The Morgan fingerprint density at radius 1 is 0.415 bits per heavy atom. The van der Waals surface area contributed by atoms with E-state index in [1.165, 1.54) is 105 Å². The first kappa shape index (κ1) is 30.0. The first-order valence-electron chi connectivity index (χ1n) is 14.1. The third kappa shape index (κ3) is 7.61. The fourth-order valence-electron chi connectivity index (χ4n) is 5.55. The third-order valence-electron chi connectivity index (χ3n) is 7.84. The van der Waals surface area contributed by atoms with Gasteiger partial charge in [0.15, 0.2) is 0 Å². The Balaban J connectivity index is 0.000000201. The van der Waals surface area contributed by atoms with E-state index in [0.29, 0.717) is 11.5 Å². The number of rotatable bonds is 4. The Morgan fingerprint density at radius 2 is 0.683 bits per heavy atom. The van der Waals surface area contributed by atoms with E-state index in [1.54, 1.807) is 24.3 Å². The predicted molar refractivity (Wildman–Crippen MR) is 160 cm³/mol. The van der Waals surface area contributed by atoms with Crippen LogP contribution in [0, 0.1) is 0 Å². The number of hydrogen-bond donors (Lipinski definition) is 4. The van der Waals surface area contributed by atoms with Crippen LogP contribution in [-0.2, 0) is 15.3 Å². The first-order valence-corrected chi connectivity index (χ1v) is 15.6. The normalized spacial score (nSPS) is 15.7. The highest BCUT2D eigenvalue weighted by molar-refractivity contribution is 7.91. The lowest BCUT2D eigenvalue weighted by molar-refractivity contribution is 0.376. The van der Waals surface area contributed by atoms with Crippen molar-refractivity contribution in [2.75, 3.05) is 0 Å². The largest absolute Gasteiger partial charge is 0.508 e. The van der Waals surface area contributed by atoms with E-state index in [-0.39, 0.29) is 26.7 Å². The molecule has 4 aromatic rings. The maximum atomic E-state index is 12.1. The standard InChI is InChI=1S/C22H28O2.C12H10O4S/c23-20-12-8-18(9-13-20)22(19-10-14-21(24)15-11-19)16-6-4-2-1-3-5-7-17-22;13-9-1-5-11(6-2-9)17(15,16)12-7-3-10(14)4-8-12/h8-15,23-24H,1-7,16-17H2;1-8,13-14H. The molecule has 41 heavy (non-hydrogen) atoms. The highest BCUT2D eigenvalue weighted by Gasteiger charge is 2.33. The summed E-state index contributed by atoms with van der Waals surface area (Å²) in [6.45, 7) is 0. The monoisotopic (exact) mass is 574 g/mol. The Kier molecular flexibility index (Phi) is 9.95. The second-order valence-corrected chi connectivity index (χ2v) is 12.6. The van der Waals surface area contributed by atoms with Gasteiger partial charge in [-0.1, -0.05) is 69.2 Å². The quantitative estimate of drug-likeness (QED) is 0.197. The smallest absolute Gasteiger partial charge is 0.206 e. The molecule has 1 aliphatic rings. The molecule has 1 fully saturated rings. The van der Waals surface area contributed by atoms with E-state index >= 15 is 0 Å². The summed E-state index contributed by atoms with van der Waals surface area (Å²) in [6.07, 6.45) is 11.3. The van der Waals surface area contributed by atoms with Gasteiger partial charge in [-0.3, -0.25) is 0 Å². The van der Waals surface area contributed by atoms with Gasteiger partial charge in [0.05, 0.1) is 9.79 Å². The molecule has 6 nitrogen and oxygen atoms in total. The molecule has 0 aromatic heterocycles. The maximum absolute atomic E-state index is 12.1. The van der Waals surface area contributed by atoms with Crippen LogP contribution in [0.1, 0.15) is 68.9 Å². The Hall–Kier alpha value is -3.97. The van der Waals surface area contributed by atoms with E-state index in [2.05, 4.69) is 24.3 Å². The van der Waals surface area contributed by atoms with Crippen LogP contribution in [0.2, 0.25) is 0 Å². The highest BCUT2D eigenvalue weighted by Crippen LogP contribution is 2.43. The molecule has 7 heteroatoms. The van der Waals surface area contributed by atoms with Gasteiger partial charge >= 0.3 is 0 Å². The number of phenols is 4. The van der Waals surface area contributed by atoms with Crippen LogP contribution in [0.3, 0.4) is 0 Å². The molecule has 0 atom stereocenters. The summed E-state index contributed by atoms with van der Waals surface area (Å²) < 4.78 is 24.2. The van der Waals surface area contributed by atoms with Gasteiger partial charge < -0.3 is 20.4 Å². The summed E-state index contributed by atoms with van der Waals surface area (Å²) in [5, 5.41) is 37.6. The van der Waals surface area contributed by atoms with Gasteiger partial charge in [-0.2, -0.15) is 0 Å². The summed E-state index contributed by atoms with van der Waals surface area (Å²) in [5.41, 5.74) is 2.55. The van der Waals surface area contributed by atoms with E-state index in [1.807, 2.05) is 0 Å². The van der Waals surface area contributed by atoms with Crippen LogP contribution in [0.5, 0.6) is 23.0 Å². The van der Waals surface area contributed by atoms with Crippen molar-refractivity contribution in [1.29, 1.82) is 0 Å². The summed E-state index contributed by atoms with van der Waals surface area (Å²) in [6, 6.07) is 26.1. The summed E-state index contributed by atoms with van der Waals surface area (Å²) in [4.78, 5) is 0.196. The predicted octanol–water partition coefficient (Wildman–Crippen LogP) is 7.84. The van der Waals surface area contributed by atoms with Gasteiger partial charge in [-0.15, -0.1) is 0 Å². The second kappa shape index (κ2) is 13.6. The van der Waals surface area contributed by atoms with Gasteiger partial charge in [-0.25, -0.2) is 8.42 Å². The highest BCUT2D eigenvalue weighted by atomic mass is 32.2. The molecule has 0 heterocycles. The van der Waals surface area contributed by atoms with Crippen molar-refractivity contribution in [2.24, 2.45) is 0 Å². The fraction of sp³-hybridized carbons (Fsp3) is 0.294. The van der Waals surface area contributed by atoms with Gasteiger partial charge in [0.2, 0.25) is 9.84 Å². The molecule has 4 aromatic carbocycles. The zero-order valence-electron chi connectivity index (χ0n) is 23.1. The van der Waals surface area contributed by atoms with Gasteiger partial charge in [0.1, 0.15) is 23.0 Å². The van der Waals surface area contributed by atoms with Crippen molar-refractivity contribution < 1.29 is 28.8 Å². The lowest BCUT2D eigenvalue weighted by Crippen LogP contribution is -2.28. The molecule has 0 unspecified atom stereocenters. The van der Waals surface area contributed by atoms with Crippen LogP contribution in [0.15, 0.2) is 107 Å². The van der Waals surface area contributed by atoms with Crippen LogP contribution < -0.4 is 0 Å².